The molecule has 0 amide bonds. The Bertz CT molecular complexity index is 1090. The lowest BCUT2D eigenvalue weighted by atomic mass is 10.2. The highest BCUT2D eigenvalue weighted by atomic mass is 35.5. The first-order valence-electron chi connectivity index (χ1n) is 6.86. The zero-order chi connectivity index (χ0) is 17.6. The molecule has 0 aliphatic carbocycles. The summed E-state index contributed by atoms with van der Waals surface area (Å²) in [5, 5.41) is 11.8. The monoisotopic (exact) mass is 349 g/mol. The summed E-state index contributed by atoms with van der Waals surface area (Å²) in [7, 11) is 2.73. The fraction of sp³-hybridized carbons (Fsp3) is 0.214. The highest BCUT2D eigenvalue weighted by molar-refractivity contribution is 6.30. The van der Waals surface area contributed by atoms with Gasteiger partial charge in [-0.1, -0.05) is 28.7 Å². The second-order valence-electron chi connectivity index (χ2n) is 5.26. The fourth-order valence-electron chi connectivity index (χ4n) is 2.58. The quantitative estimate of drug-likeness (QED) is 0.519. The largest absolute Gasteiger partial charge is 0.437 e. The van der Waals surface area contributed by atoms with E-state index in [0.29, 0.717) is 10.6 Å². The van der Waals surface area contributed by atoms with Crippen LogP contribution in [0.25, 0.3) is 11.2 Å². The Morgan fingerprint density at radius 3 is 2.58 bits per heavy atom. The van der Waals surface area contributed by atoms with Crippen molar-refractivity contribution in [2.75, 3.05) is 0 Å². The first-order chi connectivity index (χ1) is 11.3. The first kappa shape index (κ1) is 15.9. The fourth-order valence-corrected chi connectivity index (χ4v) is 2.79. The number of hydrogen-bond acceptors (Lipinski definition) is 5. The third kappa shape index (κ3) is 2.38. The Morgan fingerprint density at radius 2 is 1.96 bits per heavy atom. The van der Waals surface area contributed by atoms with Gasteiger partial charge in [-0.05, 0) is 22.6 Å². The van der Waals surface area contributed by atoms with Crippen LogP contribution in [0.1, 0.15) is 5.56 Å². The Hall–Kier alpha value is -2.94. The Balaban J connectivity index is 2.37. The minimum Gasteiger partial charge on any atom is -0.390 e. The smallest absolute Gasteiger partial charge is 0.390 e. The van der Waals surface area contributed by atoms with Gasteiger partial charge in [-0.2, -0.15) is 0 Å². The van der Waals surface area contributed by atoms with Crippen LogP contribution in [0.3, 0.4) is 0 Å². The zero-order valence-electron chi connectivity index (χ0n) is 12.8. The molecule has 10 heteroatoms. The minimum atomic E-state index is -0.686. The summed E-state index contributed by atoms with van der Waals surface area (Å²) in [6.45, 7) is 0.0494. The van der Waals surface area contributed by atoms with Crippen molar-refractivity contribution in [2.24, 2.45) is 14.1 Å². The highest BCUT2D eigenvalue weighted by Crippen LogP contribution is 2.21. The van der Waals surface area contributed by atoms with E-state index in [4.69, 9.17) is 11.6 Å². The third-order valence-corrected chi connectivity index (χ3v) is 3.95. The lowest BCUT2D eigenvalue weighted by molar-refractivity contribution is -0.396. The van der Waals surface area contributed by atoms with Crippen LogP contribution in [-0.2, 0) is 20.6 Å². The maximum absolute atomic E-state index is 12.2. The molecule has 0 saturated heterocycles. The van der Waals surface area contributed by atoms with Crippen LogP contribution in [0.4, 0.5) is 5.95 Å². The van der Waals surface area contributed by atoms with E-state index in [9.17, 15) is 19.7 Å². The van der Waals surface area contributed by atoms with Crippen LogP contribution in [0.2, 0.25) is 5.02 Å². The Morgan fingerprint density at radius 1 is 1.25 bits per heavy atom. The number of halogens is 1. The molecule has 0 unspecified atom stereocenters. The van der Waals surface area contributed by atoms with Gasteiger partial charge in [-0.3, -0.25) is 13.9 Å². The van der Waals surface area contributed by atoms with E-state index in [2.05, 4.69) is 4.98 Å². The lowest BCUT2D eigenvalue weighted by Crippen LogP contribution is -2.37. The molecule has 0 N–H and O–H groups in total. The molecule has 2 aromatic heterocycles. The van der Waals surface area contributed by atoms with Crippen LogP contribution in [0.5, 0.6) is 0 Å². The molecular formula is C14H12ClN5O4. The third-order valence-electron chi connectivity index (χ3n) is 3.71. The molecule has 0 bridgehead atoms. The van der Waals surface area contributed by atoms with Gasteiger partial charge in [0, 0.05) is 19.1 Å². The van der Waals surface area contributed by atoms with Crippen molar-refractivity contribution in [3.8, 4) is 0 Å². The molecule has 9 nitrogen and oxygen atoms in total. The molecule has 3 rings (SSSR count). The first-order valence-corrected chi connectivity index (χ1v) is 7.24. The molecule has 0 saturated carbocycles. The van der Waals surface area contributed by atoms with Gasteiger partial charge in [-0.25, -0.2) is 9.36 Å². The summed E-state index contributed by atoms with van der Waals surface area (Å²) in [6, 6.07) is 6.77. The van der Waals surface area contributed by atoms with E-state index in [0.717, 1.165) is 4.57 Å². The van der Waals surface area contributed by atoms with Gasteiger partial charge in [0.25, 0.3) is 5.52 Å². The SMILES string of the molecule is Cn1c(=O)c2nc([N+](=O)[O-])n(Cc3cccc(Cl)c3)c2n(C)c1=O. The number of nitrogens with zero attached hydrogens (tertiary/aromatic N) is 5. The van der Waals surface area contributed by atoms with E-state index in [1.165, 1.54) is 23.2 Å². The van der Waals surface area contributed by atoms with Gasteiger partial charge in [0.1, 0.15) is 0 Å². The molecule has 0 fully saturated rings. The van der Waals surface area contributed by atoms with E-state index in [1.807, 2.05) is 0 Å². The Kier molecular flexibility index (Phi) is 3.72. The second kappa shape index (κ2) is 5.60. The van der Waals surface area contributed by atoms with Crippen molar-refractivity contribution in [3.63, 3.8) is 0 Å². The maximum atomic E-state index is 12.2. The molecule has 0 atom stereocenters. The normalized spacial score (nSPS) is 11.1. The lowest BCUT2D eigenvalue weighted by Gasteiger charge is -2.06. The van der Waals surface area contributed by atoms with Crippen LogP contribution >= 0.6 is 11.6 Å². The number of benzene rings is 1. The molecule has 0 radical (unpaired) electrons. The molecule has 0 aliphatic rings. The number of rotatable bonds is 3. The highest BCUT2D eigenvalue weighted by Gasteiger charge is 2.28. The van der Waals surface area contributed by atoms with Crippen molar-refractivity contribution in [1.82, 2.24) is 18.7 Å². The van der Waals surface area contributed by atoms with Crippen molar-refractivity contribution in [3.05, 3.63) is 65.8 Å². The van der Waals surface area contributed by atoms with Crippen molar-refractivity contribution < 1.29 is 4.92 Å². The summed E-state index contributed by atoms with van der Waals surface area (Å²) >= 11 is 5.94. The molecule has 0 aliphatic heterocycles. The number of imidazole rings is 1. The van der Waals surface area contributed by atoms with Gasteiger partial charge < -0.3 is 10.1 Å². The van der Waals surface area contributed by atoms with Gasteiger partial charge >= 0.3 is 17.2 Å². The van der Waals surface area contributed by atoms with Gasteiger partial charge in [-0.15, -0.1) is 0 Å². The summed E-state index contributed by atoms with van der Waals surface area (Å²) < 4.78 is 3.26. The maximum Gasteiger partial charge on any atom is 0.437 e. The average molecular weight is 350 g/mol. The molecule has 24 heavy (non-hydrogen) atoms. The summed E-state index contributed by atoms with van der Waals surface area (Å²) in [4.78, 5) is 38.8. The number of aryl methyl sites for hydroxylation is 1. The number of aromatic nitrogens is 4. The second-order valence-corrected chi connectivity index (χ2v) is 5.70. The molecular weight excluding hydrogens is 338 g/mol. The van der Waals surface area contributed by atoms with Crippen molar-refractivity contribution >= 4 is 28.7 Å². The number of hydrogen-bond donors (Lipinski definition) is 0. The molecule has 3 aromatic rings. The van der Waals surface area contributed by atoms with Crippen molar-refractivity contribution in [1.29, 1.82) is 0 Å². The van der Waals surface area contributed by atoms with Crippen LogP contribution < -0.4 is 11.2 Å². The number of nitro groups is 1. The molecule has 124 valence electrons. The van der Waals surface area contributed by atoms with Crippen LogP contribution in [-0.4, -0.2) is 23.6 Å². The van der Waals surface area contributed by atoms with E-state index in [1.54, 1.807) is 24.3 Å². The van der Waals surface area contributed by atoms with Crippen molar-refractivity contribution in [2.45, 2.75) is 6.54 Å². The molecule has 1 aromatic carbocycles. The van der Waals surface area contributed by atoms with Gasteiger partial charge in [0.15, 0.2) is 0 Å². The minimum absolute atomic E-state index is 0.0494. The summed E-state index contributed by atoms with van der Waals surface area (Å²) in [6.07, 6.45) is 0. The summed E-state index contributed by atoms with van der Waals surface area (Å²) in [5.41, 5.74) is -0.628. The van der Waals surface area contributed by atoms with Gasteiger partial charge in [0.05, 0.1) is 6.54 Å². The molecule has 2 heterocycles. The zero-order valence-corrected chi connectivity index (χ0v) is 13.5. The Labute approximate surface area is 139 Å². The molecule has 0 spiro atoms. The topological polar surface area (TPSA) is 105 Å². The number of fused-ring (bicyclic) bond motifs is 1. The van der Waals surface area contributed by atoms with E-state index < -0.39 is 22.1 Å². The van der Waals surface area contributed by atoms with Gasteiger partial charge in [0.2, 0.25) is 5.65 Å². The average Bonchev–Trinajstić information content (AvgIpc) is 2.90. The van der Waals surface area contributed by atoms with Crippen LogP contribution in [0.15, 0.2) is 33.9 Å². The standard InChI is InChI=1S/C14H12ClN5O4/c1-17-11-10(12(21)18(2)14(17)22)16-13(20(23)24)19(11)7-8-4-3-5-9(15)6-8/h3-6H,7H2,1-2H3. The van der Waals surface area contributed by atoms with Crippen LogP contribution in [0, 0.1) is 10.1 Å². The summed E-state index contributed by atoms with van der Waals surface area (Å²) in [5.74, 6) is -0.511. The predicted octanol–water partition coefficient (Wildman–Crippen LogP) is 1.04. The van der Waals surface area contributed by atoms with E-state index >= 15 is 0 Å². The van der Waals surface area contributed by atoms with E-state index in [-0.39, 0.29) is 17.7 Å². The predicted molar refractivity (Wildman–Crippen MR) is 87.4 cm³/mol.